The summed E-state index contributed by atoms with van der Waals surface area (Å²) < 4.78 is 5.81. The predicted molar refractivity (Wildman–Crippen MR) is 108 cm³/mol. The van der Waals surface area contributed by atoms with Crippen molar-refractivity contribution in [3.8, 4) is 0 Å². The van der Waals surface area contributed by atoms with Crippen molar-refractivity contribution in [1.29, 1.82) is 0 Å². The summed E-state index contributed by atoms with van der Waals surface area (Å²) >= 11 is 0. The topological polar surface area (TPSA) is 48.9 Å². The lowest BCUT2D eigenvalue weighted by atomic mass is 10.0. The van der Waals surface area contributed by atoms with Crippen molar-refractivity contribution in [3.63, 3.8) is 0 Å². The maximum atomic E-state index is 5.81. The van der Waals surface area contributed by atoms with Crippen LogP contribution in [-0.4, -0.2) is 62.3 Å². The van der Waals surface area contributed by atoms with Crippen molar-refractivity contribution >= 4 is 29.9 Å². The van der Waals surface area contributed by atoms with Crippen LogP contribution >= 0.6 is 24.0 Å². The van der Waals surface area contributed by atoms with Crippen LogP contribution in [0.3, 0.4) is 0 Å². The molecule has 0 aromatic heterocycles. The Hall–Kier alpha value is -0.0800. The van der Waals surface area contributed by atoms with Crippen LogP contribution < -0.4 is 10.6 Å². The van der Waals surface area contributed by atoms with Crippen LogP contribution in [0.25, 0.3) is 0 Å². The van der Waals surface area contributed by atoms with Gasteiger partial charge in [0.05, 0.1) is 12.1 Å². The number of hydrogen-bond acceptors (Lipinski definition) is 3. The minimum atomic E-state index is -0.0624. The largest absolute Gasteiger partial charge is 0.373 e. The highest BCUT2D eigenvalue weighted by atomic mass is 127. The predicted octanol–water partition coefficient (Wildman–Crippen LogP) is 2.60. The summed E-state index contributed by atoms with van der Waals surface area (Å²) in [6.45, 7) is 11.4. The molecule has 0 amide bonds. The first-order valence-corrected chi connectivity index (χ1v) is 9.10. The fourth-order valence-corrected chi connectivity index (χ4v) is 3.24. The standard InChI is InChI=1S/C17H34N4O.HI/c1-3-18-16(20-15-17(2)9-8-14-22-17)19-10-13-21-11-6-4-5-7-12-21;/h3-15H2,1-2H3,(H2,18,19,20);1H. The first-order valence-electron chi connectivity index (χ1n) is 9.10. The minimum absolute atomic E-state index is 0. The molecule has 6 heteroatoms. The molecule has 0 aromatic carbocycles. The number of nitrogens with one attached hydrogen (secondary N) is 2. The van der Waals surface area contributed by atoms with E-state index in [-0.39, 0.29) is 29.6 Å². The van der Waals surface area contributed by atoms with Gasteiger partial charge in [-0.2, -0.15) is 0 Å². The summed E-state index contributed by atoms with van der Waals surface area (Å²) in [6.07, 6.45) is 7.77. The number of aliphatic imine (C=N–C) groups is 1. The van der Waals surface area contributed by atoms with Crippen LogP contribution in [0.4, 0.5) is 0 Å². The Morgan fingerprint density at radius 2 is 1.87 bits per heavy atom. The minimum Gasteiger partial charge on any atom is -0.373 e. The van der Waals surface area contributed by atoms with Crippen molar-refractivity contribution in [2.75, 3.05) is 45.9 Å². The molecule has 2 fully saturated rings. The van der Waals surface area contributed by atoms with Gasteiger partial charge in [0, 0.05) is 26.2 Å². The molecule has 0 aliphatic carbocycles. The lowest BCUT2D eigenvalue weighted by Gasteiger charge is -2.23. The third-order valence-electron chi connectivity index (χ3n) is 4.64. The highest BCUT2D eigenvalue weighted by Gasteiger charge is 2.29. The van der Waals surface area contributed by atoms with Gasteiger partial charge in [-0.15, -0.1) is 24.0 Å². The number of likely N-dealkylation sites (tertiary alicyclic amines) is 1. The number of halogens is 1. The van der Waals surface area contributed by atoms with Gasteiger partial charge in [-0.3, -0.25) is 4.99 Å². The van der Waals surface area contributed by atoms with Gasteiger partial charge < -0.3 is 20.3 Å². The van der Waals surface area contributed by atoms with E-state index < -0.39 is 0 Å². The third kappa shape index (κ3) is 8.03. The fourth-order valence-electron chi connectivity index (χ4n) is 3.24. The zero-order valence-corrected chi connectivity index (χ0v) is 17.2. The smallest absolute Gasteiger partial charge is 0.191 e. The average molecular weight is 438 g/mol. The first kappa shape index (κ1) is 21.0. The van der Waals surface area contributed by atoms with E-state index in [1.807, 2.05) is 0 Å². The summed E-state index contributed by atoms with van der Waals surface area (Å²) in [4.78, 5) is 7.29. The molecule has 23 heavy (non-hydrogen) atoms. The highest BCUT2D eigenvalue weighted by Crippen LogP contribution is 2.24. The van der Waals surface area contributed by atoms with Crippen LogP contribution in [0.5, 0.6) is 0 Å². The maximum absolute atomic E-state index is 5.81. The lowest BCUT2D eigenvalue weighted by molar-refractivity contribution is 0.0283. The van der Waals surface area contributed by atoms with E-state index in [1.165, 1.54) is 38.8 Å². The van der Waals surface area contributed by atoms with E-state index in [4.69, 9.17) is 9.73 Å². The van der Waals surface area contributed by atoms with Gasteiger partial charge in [0.2, 0.25) is 0 Å². The average Bonchev–Trinajstić information content (AvgIpc) is 2.78. The molecule has 2 N–H and O–H groups in total. The van der Waals surface area contributed by atoms with Crippen molar-refractivity contribution in [2.45, 2.75) is 58.0 Å². The fraction of sp³-hybridized carbons (Fsp3) is 0.941. The number of rotatable bonds is 6. The second kappa shape index (κ2) is 11.5. The molecular weight excluding hydrogens is 403 g/mol. The highest BCUT2D eigenvalue weighted by molar-refractivity contribution is 14.0. The van der Waals surface area contributed by atoms with Crippen molar-refractivity contribution in [1.82, 2.24) is 15.5 Å². The summed E-state index contributed by atoms with van der Waals surface area (Å²) in [7, 11) is 0. The van der Waals surface area contributed by atoms with Gasteiger partial charge in [0.25, 0.3) is 0 Å². The molecule has 2 aliphatic rings. The summed E-state index contributed by atoms with van der Waals surface area (Å²) in [5.74, 6) is 0.925. The van der Waals surface area contributed by atoms with E-state index in [9.17, 15) is 0 Å². The molecule has 2 saturated heterocycles. The number of nitrogens with zero attached hydrogens (tertiary/aromatic N) is 2. The molecule has 5 nitrogen and oxygen atoms in total. The number of ether oxygens (including phenoxy) is 1. The third-order valence-corrected chi connectivity index (χ3v) is 4.64. The molecule has 2 aliphatic heterocycles. The van der Waals surface area contributed by atoms with E-state index in [2.05, 4.69) is 29.4 Å². The van der Waals surface area contributed by atoms with Crippen molar-refractivity contribution < 1.29 is 4.74 Å². The van der Waals surface area contributed by atoms with Crippen molar-refractivity contribution in [2.24, 2.45) is 4.99 Å². The second-order valence-electron chi connectivity index (χ2n) is 6.78. The Morgan fingerprint density at radius 3 is 2.48 bits per heavy atom. The molecule has 0 radical (unpaired) electrons. The zero-order valence-electron chi connectivity index (χ0n) is 14.9. The molecule has 0 aromatic rings. The van der Waals surface area contributed by atoms with Gasteiger partial charge in [-0.1, -0.05) is 12.8 Å². The molecule has 0 bridgehead atoms. The lowest BCUT2D eigenvalue weighted by Crippen LogP contribution is -2.42. The Labute approximate surface area is 159 Å². The normalized spacial score (nSPS) is 26.4. The summed E-state index contributed by atoms with van der Waals surface area (Å²) in [5, 5.41) is 6.81. The van der Waals surface area contributed by atoms with Crippen LogP contribution in [0.15, 0.2) is 4.99 Å². The molecular formula is C17H35IN4O. The molecule has 0 spiro atoms. The zero-order chi connectivity index (χ0) is 15.7. The molecule has 2 heterocycles. The molecule has 2 rings (SSSR count). The Bertz CT molecular complexity index is 337. The van der Waals surface area contributed by atoms with Crippen LogP contribution in [0.1, 0.15) is 52.4 Å². The monoisotopic (exact) mass is 438 g/mol. The SMILES string of the molecule is CCNC(=NCC1(C)CCCO1)NCCN1CCCCCC1.I. The van der Waals surface area contributed by atoms with Gasteiger partial charge >= 0.3 is 0 Å². The summed E-state index contributed by atoms with van der Waals surface area (Å²) in [6, 6.07) is 0. The van der Waals surface area contributed by atoms with Crippen molar-refractivity contribution in [3.05, 3.63) is 0 Å². The Balaban J connectivity index is 0.00000264. The first-order chi connectivity index (χ1) is 10.7. The number of guanidine groups is 1. The van der Waals surface area contributed by atoms with E-state index in [1.54, 1.807) is 0 Å². The number of hydrogen-bond donors (Lipinski definition) is 2. The van der Waals surface area contributed by atoms with Crippen LogP contribution in [-0.2, 0) is 4.74 Å². The van der Waals surface area contributed by atoms with E-state index in [0.29, 0.717) is 0 Å². The van der Waals surface area contributed by atoms with Crippen LogP contribution in [0, 0.1) is 0 Å². The molecule has 1 unspecified atom stereocenters. The maximum Gasteiger partial charge on any atom is 0.191 e. The van der Waals surface area contributed by atoms with Gasteiger partial charge in [-0.25, -0.2) is 0 Å². The van der Waals surface area contributed by atoms with Crippen LogP contribution in [0.2, 0.25) is 0 Å². The van der Waals surface area contributed by atoms with E-state index >= 15 is 0 Å². The molecule has 0 saturated carbocycles. The molecule has 1 atom stereocenters. The Kier molecular flexibility index (Phi) is 10.5. The van der Waals surface area contributed by atoms with Gasteiger partial charge in [-0.05, 0) is 52.6 Å². The van der Waals surface area contributed by atoms with E-state index in [0.717, 1.165) is 51.6 Å². The quantitative estimate of drug-likeness (QED) is 0.380. The Morgan fingerprint density at radius 1 is 1.13 bits per heavy atom. The summed E-state index contributed by atoms with van der Waals surface area (Å²) in [5.41, 5.74) is -0.0624. The second-order valence-corrected chi connectivity index (χ2v) is 6.78. The van der Waals surface area contributed by atoms with Gasteiger partial charge in [0.1, 0.15) is 0 Å². The van der Waals surface area contributed by atoms with Gasteiger partial charge in [0.15, 0.2) is 5.96 Å². The molecule has 136 valence electrons.